The minimum atomic E-state index is -2.94. The van der Waals surface area contributed by atoms with Crippen molar-refractivity contribution in [2.45, 2.75) is 25.3 Å². The molecule has 0 saturated heterocycles. The first-order chi connectivity index (χ1) is 19.5. The lowest BCUT2D eigenvalue weighted by Gasteiger charge is -2.25. The Kier molecular flexibility index (Phi) is 7.11. The van der Waals surface area contributed by atoms with Crippen molar-refractivity contribution in [2.75, 3.05) is 15.3 Å². The van der Waals surface area contributed by atoms with Crippen molar-refractivity contribution in [1.82, 2.24) is 29.7 Å². The molecule has 1 aliphatic rings. The van der Waals surface area contributed by atoms with Gasteiger partial charge in [0.15, 0.2) is 17.5 Å². The molecule has 41 heavy (non-hydrogen) atoms. The first-order valence-corrected chi connectivity index (χ1v) is 12.2. The second kappa shape index (κ2) is 10.6. The van der Waals surface area contributed by atoms with Crippen LogP contribution in [0.25, 0.3) is 16.7 Å². The monoisotopic (exact) mass is 589 g/mol. The van der Waals surface area contributed by atoms with Gasteiger partial charge in [-0.3, -0.25) is 9.89 Å². The molecule has 16 nitrogen and oxygen atoms in total. The molecule has 0 radical (unpaired) electrons. The van der Waals surface area contributed by atoms with Crippen molar-refractivity contribution in [3.63, 3.8) is 0 Å². The molecule has 1 atom stereocenters. The molecule has 0 bridgehead atoms. The Morgan fingerprint density at radius 1 is 1.10 bits per heavy atom. The fourth-order valence-electron chi connectivity index (χ4n) is 4.22. The van der Waals surface area contributed by atoms with Crippen molar-refractivity contribution in [3.8, 4) is 5.82 Å². The number of alkyl halides is 2. The van der Waals surface area contributed by atoms with E-state index in [0.29, 0.717) is 22.9 Å². The molecule has 1 aliphatic carbocycles. The highest BCUT2D eigenvalue weighted by Crippen LogP contribution is 2.44. The van der Waals surface area contributed by atoms with Crippen molar-refractivity contribution in [1.29, 1.82) is 0 Å². The number of hydrogen-bond acceptors (Lipinski definition) is 10. The van der Waals surface area contributed by atoms with E-state index in [4.69, 9.17) is 34.8 Å². The highest BCUT2D eigenvalue weighted by atomic mass is 35.5. The number of rotatable bonds is 8. The lowest BCUT2D eigenvalue weighted by molar-refractivity contribution is 0.153. The van der Waals surface area contributed by atoms with Gasteiger partial charge >= 0.3 is 12.1 Å². The number of carbonyl (C=O) groups excluding carboxylic acids is 2. The predicted molar refractivity (Wildman–Crippen MR) is 143 cm³/mol. The Bertz CT molecular complexity index is 1710. The van der Waals surface area contributed by atoms with Crippen molar-refractivity contribution in [2.24, 2.45) is 29.1 Å². The number of hydrazine groups is 2. The van der Waals surface area contributed by atoms with E-state index in [2.05, 4.69) is 30.5 Å². The minimum Gasteiger partial charge on any atom is -0.358 e. The molecule has 0 spiro atoms. The van der Waals surface area contributed by atoms with Gasteiger partial charge in [0.2, 0.25) is 0 Å². The summed E-state index contributed by atoms with van der Waals surface area (Å²) in [6.07, 6.45) is -0.122. The van der Waals surface area contributed by atoms with Gasteiger partial charge in [-0.25, -0.2) is 44.6 Å². The average molecular weight is 590 g/mol. The molecule has 1 saturated carbocycles. The second-order valence-electron chi connectivity index (χ2n) is 8.97. The van der Waals surface area contributed by atoms with Gasteiger partial charge in [-0.2, -0.15) is 20.1 Å². The quantitative estimate of drug-likeness (QED) is 0.0982. The molecule has 10 N–H and O–H groups in total. The average Bonchev–Trinajstić information content (AvgIpc) is 3.64. The predicted octanol–water partition coefficient (Wildman–Crippen LogP) is 1.57. The maximum absolute atomic E-state index is 13.9. The summed E-state index contributed by atoms with van der Waals surface area (Å²) in [6.45, 7) is 0. The van der Waals surface area contributed by atoms with Crippen molar-refractivity contribution in [3.05, 3.63) is 57.2 Å². The van der Waals surface area contributed by atoms with Crippen LogP contribution in [0.3, 0.4) is 0 Å². The van der Waals surface area contributed by atoms with Crippen LogP contribution in [0.4, 0.5) is 36.0 Å². The van der Waals surface area contributed by atoms with Crippen molar-refractivity contribution < 1.29 is 18.4 Å². The minimum absolute atomic E-state index is 0.0286. The third-order valence-corrected chi connectivity index (χ3v) is 6.66. The first-order valence-electron chi connectivity index (χ1n) is 11.9. The standard InChI is InChI=1S/C22H22ClF2N13O3/c23-13-16(33-22(38(29)21(27)41)34-17(13)37(28)20(26)40)32-14(8-4-5-8)18-31-10-3-1-2-9(15(24)25)12(10)19(39)36(18)11-6-7-30-35-11/h1-3,6-8,14-15H,4-5,28-29H2,(H2,26,40)(H2,27,41)(H,30,35)(H,32,33,34)/t14-/m0/s1. The summed E-state index contributed by atoms with van der Waals surface area (Å²) in [4.78, 5) is 50.0. The molecule has 0 aliphatic heterocycles. The van der Waals surface area contributed by atoms with Crippen LogP contribution in [0, 0.1) is 5.92 Å². The maximum atomic E-state index is 13.9. The summed E-state index contributed by atoms with van der Waals surface area (Å²) in [5.74, 6) is 10.4. The van der Waals surface area contributed by atoms with E-state index in [-0.39, 0.29) is 39.3 Å². The second-order valence-corrected chi connectivity index (χ2v) is 9.35. The topological polar surface area (TPSA) is 246 Å². The van der Waals surface area contributed by atoms with Crippen LogP contribution in [-0.2, 0) is 0 Å². The molecule has 3 heterocycles. The molecule has 19 heteroatoms. The summed E-state index contributed by atoms with van der Waals surface area (Å²) >= 11 is 6.50. The van der Waals surface area contributed by atoms with E-state index in [1.54, 1.807) is 0 Å². The lowest BCUT2D eigenvalue weighted by atomic mass is 10.1. The summed E-state index contributed by atoms with van der Waals surface area (Å²) in [5, 5.41) is 9.95. The van der Waals surface area contributed by atoms with Crippen LogP contribution in [0.1, 0.15) is 36.7 Å². The molecule has 1 aromatic carbocycles. The number of aromatic nitrogens is 6. The fourth-order valence-corrected chi connectivity index (χ4v) is 4.45. The van der Waals surface area contributed by atoms with Gasteiger partial charge in [0.25, 0.3) is 17.9 Å². The summed E-state index contributed by atoms with van der Waals surface area (Å²) < 4.78 is 28.8. The Labute approximate surface area is 233 Å². The third-order valence-electron chi connectivity index (χ3n) is 6.31. The molecule has 214 valence electrons. The number of aromatic amines is 1. The molecule has 3 aromatic heterocycles. The van der Waals surface area contributed by atoms with Crippen LogP contribution in [0.2, 0.25) is 5.02 Å². The van der Waals surface area contributed by atoms with E-state index in [1.165, 1.54) is 24.4 Å². The number of amides is 4. The van der Waals surface area contributed by atoms with Gasteiger partial charge in [0.1, 0.15) is 10.8 Å². The number of nitrogens with zero attached hydrogens (tertiary/aromatic N) is 7. The van der Waals surface area contributed by atoms with Crippen LogP contribution in [-0.4, -0.2) is 41.8 Å². The third kappa shape index (κ3) is 5.06. The Morgan fingerprint density at radius 2 is 1.80 bits per heavy atom. The molecular formula is C22H22ClF2N13O3. The van der Waals surface area contributed by atoms with Gasteiger partial charge < -0.3 is 16.8 Å². The molecule has 4 amide bonds. The summed E-state index contributed by atoms with van der Waals surface area (Å²) in [6, 6.07) is 2.31. The zero-order valence-electron chi connectivity index (χ0n) is 20.8. The number of benzene rings is 1. The van der Waals surface area contributed by atoms with Crippen LogP contribution in [0.5, 0.6) is 0 Å². The number of halogens is 3. The SMILES string of the molecule is NC(=O)N(N)c1nc(N[C@H](c2nc3cccc(C(F)F)c3c(=O)n2-c2cc[nH]n2)C2CC2)c(Cl)c(N(N)C(N)=O)n1. The van der Waals surface area contributed by atoms with Gasteiger partial charge in [0, 0.05) is 17.8 Å². The summed E-state index contributed by atoms with van der Waals surface area (Å²) in [7, 11) is 0. The number of primary amides is 2. The number of hydrogen-bond donors (Lipinski definition) is 6. The Hall–Kier alpha value is -4.94. The maximum Gasteiger partial charge on any atom is 0.336 e. The number of nitrogens with two attached hydrogens (primary N) is 4. The molecule has 4 aromatic rings. The Balaban J connectivity index is 1.73. The molecular weight excluding hydrogens is 568 g/mol. The lowest BCUT2D eigenvalue weighted by Crippen LogP contribution is -2.45. The Morgan fingerprint density at radius 3 is 2.39 bits per heavy atom. The van der Waals surface area contributed by atoms with Crippen molar-refractivity contribution >= 4 is 52.2 Å². The molecule has 0 unspecified atom stereocenters. The van der Waals surface area contributed by atoms with E-state index in [0.717, 1.165) is 10.6 Å². The highest BCUT2D eigenvalue weighted by Gasteiger charge is 2.38. The van der Waals surface area contributed by atoms with E-state index < -0.39 is 47.4 Å². The molecule has 1 fully saturated rings. The van der Waals surface area contributed by atoms with E-state index >= 15 is 0 Å². The van der Waals surface area contributed by atoms with E-state index in [1.807, 2.05) is 0 Å². The van der Waals surface area contributed by atoms with Crippen LogP contribution < -0.4 is 44.0 Å². The number of anilines is 3. The van der Waals surface area contributed by atoms with E-state index in [9.17, 15) is 23.2 Å². The largest absolute Gasteiger partial charge is 0.358 e. The summed E-state index contributed by atoms with van der Waals surface area (Å²) in [5.41, 5.74) is 9.29. The van der Waals surface area contributed by atoms with Gasteiger partial charge in [0.05, 0.1) is 16.9 Å². The van der Waals surface area contributed by atoms with Crippen LogP contribution >= 0.6 is 11.6 Å². The van der Waals surface area contributed by atoms with Gasteiger partial charge in [-0.15, -0.1) is 0 Å². The highest BCUT2D eigenvalue weighted by molar-refractivity contribution is 6.35. The number of nitrogens with one attached hydrogen (secondary N) is 2. The molecule has 5 rings (SSSR count). The number of carbonyl (C=O) groups is 2. The fraction of sp³-hybridized carbons (Fsp3) is 0.227. The van der Waals surface area contributed by atoms with Gasteiger partial charge in [-0.1, -0.05) is 23.7 Å². The number of H-pyrrole nitrogens is 1. The first kappa shape index (κ1) is 27.6. The van der Waals surface area contributed by atoms with Crippen LogP contribution in [0.15, 0.2) is 35.3 Å². The zero-order valence-corrected chi connectivity index (χ0v) is 21.6. The smallest absolute Gasteiger partial charge is 0.336 e. The van der Waals surface area contributed by atoms with Gasteiger partial charge in [-0.05, 0) is 24.8 Å². The normalized spacial score (nSPS) is 13.8. The number of fused-ring (bicyclic) bond motifs is 1. The zero-order chi connectivity index (χ0) is 29.6. The number of urea groups is 2.